The van der Waals surface area contributed by atoms with E-state index in [0.717, 1.165) is 0 Å². The summed E-state index contributed by atoms with van der Waals surface area (Å²) >= 11 is 0. The predicted molar refractivity (Wildman–Crippen MR) is 110 cm³/mol. The minimum atomic E-state index is -1.11. The van der Waals surface area contributed by atoms with E-state index < -0.39 is 5.41 Å². The molecule has 0 bridgehead atoms. The molecular weight excluding hydrogens is 372 g/mol. The summed E-state index contributed by atoms with van der Waals surface area (Å²) in [6.45, 7) is 2.81. The van der Waals surface area contributed by atoms with Crippen LogP contribution in [0.15, 0.2) is 48.5 Å². The van der Waals surface area contributed by atoms with E-state index in [4.69, 9.17) is 0 Å². The first kappa shape index (κ1) is 20.1. The molecule has 4 amide bonds. The summed E-state index contributed by atoms with van der Waals surface area (Å²) in [5.74, 6) is -1.15. The third-order valence-corrected chi connectivity index (χ3v) is 4.52. The maximum Gasteiger partial charge on any atom is 0.240 e. The number of benzene rings is 2. The van der Waals surface area contributed by atoms with E-state index in [1.807, 2.05) is 0 Å². The van der Waals surface area contributed by atoms with Gasteiger partial charge in [0.05, 0.1) is 0 Å². The Labute approximate surface area is 168 Å². The number of anilines is 4. The lowest BCUT2D eigenvalue weighted by molar-refractivity contribution is -0.131. The lowest BCUT2D eigenvalue weighted by Gasteiger charge is -2.16. The zero-order chi connectivity index (χ0) is 21.0. The molecule has 0 aromatic heterocycles. The molecule has 0 spiro atoms. The van der Waals surface area contributed by atoms with E-state index in [1.54, 1.807) is 48.5 Å². The highest BCUT2D eigenvalue weighted by atomic mass is 16.2. The molecule has 1 aliphatic rings. The van der Waals surface area contributed by atoms with Crippen LogP contribution in [0.3, 0.4) is 0 Å². The van der Waals surface area contributed by atoms with Crippen molar-refractivity contribution < 1.29 is 19.2 Å². The van der Waals surface area contributed by atoms with Crippen molar-refractivity contribution in [2.45, 2.75) is 26.7 Å². The van der Waals surface area contributed by atoms with Gasteiger partial charge in [-0.1, -0.05) is 6.07 Å². The minimum Gasteiger partial charge on any atom is -0.326 e. The fourth-order valence-corrected chi connectivity index (χ4v) is 2.90. The SMILES string of the molecule is CC(=O)Nc1ccc(NC(=O)C2(C(=O)Nc3cccc(NC(C)=O)c3)CC2)cc1. The van der Waals surface area contributed by atoms with Gasteiger partial charge in [-0.15, -0.1) is 0 Å². The van der Waals surface area contributed by atoms with Gasteiger partial charge >= 0.3 is 0 Å². The van der Waals surface area contributed by atoms with Gasteiger partial charge < -0.3 is 21.3 Å². The van der Waals surface area contributed by atoms with Crippen molar-refractivity contribution in [1.82, 2.24) is 0 Å². The zero-order valence-electron chi connectivity index (χ0n) is 16.2. The third-order valence-electron chi connectivity index (χ3n) is 4.52. The third kappa shape index (κ3) is 4.98. The highest BCUT2D eigenvalue weighted by molar-refractivity contribution is 6.17. The Morgan fingerprint density at radius 1 is 0.655 bits per heavy atom. The molecule has 8 nitrogen and oxygen atoms in total. The summed E-state index contributed by atoms with van der Waals surface area (Å²) in [5.41, 5.74) is 1.11. The second-order valence-corrected chi connectivity index (χ2v) is 7.01. The molecule has 150 valence electrons. The second kappa shape index (κ2) is 8.14. The summed E-state index contributed by atoms with van der Waals surface area (Å²) in [6.07, 6.45) is 0.917. The molecule has 2 aromatic carbocycles. The van der Waals surface area contributed by atoms with Crippen LogP contribution in [-0.4, -0.2) is 23.6 Å². The summed E-state index contributed by atoms with van der Waals surface area (Å²) < 4.78 is 0. The maximum absolute atomic E-state index is 12.7. The fraction of sp³-hybridized carbons (Fsp3) is 0.238. The van der Waals surface area contributed by atoms with Crippen molar-refractivity contribution in [1.29, 1.82) is 0 Å². The first-order chi connectivity index (χ1) is 13.8. The van der Waals surface area contributed by atoms with E-state index >= 15 is 0 Å². The number of carbonyl (C=O) groups excluding carboxylic acids is 4. The Balaban J connectivity index is 1.64. The minimum absolute atomic E-state index is 0.182. The smallest absolute Gasteiger partial charge is 0.240 e. The molecule has 1 aliphatic carbocycles. The van der Waals surface area contributed by atoms with Crippen LogP contribution in [0.25, 0.3) is 0 Å². The fourth-order valence-electron chi connectivity index (χ4n) is 2.90. The largest absolute Gasteiger partial charge is 0.326 e. The molecule has 29 heavy (non-hydrogen) atoms. The van der Waals surface area contributed by atoms with E-state index in [-0.39, 0.29) is 23.6 Å². The summed E-state index contributed by atoms with van der Waals surface area (Å²) in [5, 5.41) is 10.8. The van der Waals surface area contributed by atoms with E-state index in [1.165, 1.54) is 13.8 Å². The summed E-state index contributed by atoms with van der Waals surface area (Å²) in [7, 11) is 0. The van der Waals surface area contributed by atoms with Crippen molar-refractivity contribution in [3.05, 3.63) is 48.5 Å². The normalized spacial score (nSPS) is 13.7. The monoisotopic (exact) mass is 394 g/mol. The molecule has 0 saturated heterocycles. The molecule has 0 radical (unpaired) electrons. The number of hydrogen-bond acceptors (Lipinski definition) is 4. The standard InChI is InChI=1S/C21H22N4O4/c1-13(26)22-15-6-8-16(9-7-15)24-19(28)21(10-11-21)20(29)25-18-5-3-4-17(12-18)23-14(2)27/h3-9,12H,10-11H2,1-2H3,(H,22,26)(H,23,27)(H,24,28)(H,25,29). The molecule has 0 aliphatic heterocycles. The van der Waals surface area contributed by atoms with Crippen LogP contribution in [0.1, 0.15) is 26.7 Å². The molecule has 3 rings (SSSR count). The van der Waals surface area contributed by atoms with Gasteiger partial charge in [-0.05, 0) is 55.3 Å². The Morgan fingerprint density at radius 2 is 1.07 bits per heavy atom. The highest BCUT2D eigenvalue weighted by Gasteiger charge is 2.56. The summed E-state index contributed by atoms with van der Waals surface area (Å²) in [6, 6.07) is 13.4. The quantitative estimate of drug-likeness (QED) is 0.564. The number of carbonyl (C=O) groups is 4. The van der Waals surface area contributed by atoms with Gasteiger partial charge in [-0.25, -0.2) is 0 Å². The van der Waals surface area contributed by atoms with Gasteiger partial charge in [0.1, 0.15) is 5.41 Å². The molecule has 8 heteroatoms. The van der Waals surface area contributed by atoms with Crippen LogP contribution < -0.4 is 21.3 Å². The van der Waals surface area contributed by atoms with Gasteiger partial charge in [0.15, 0.2) is 0 Å². The first-order valence-electron chi connectivity index (χ1n) is 9.17. The van der Waals surface area contributed by atoms with Crippen LogP contribution >= 0.6 is 0 Å². The highest BCUT2D eigenvalue weighted by Crippen LogP contribution is 2.47. The van der Waals surface area contributed by atoms with Crippen molar-refractivity contribution in [3.63, 3.8) is 0 Å². The number of nitrogens with one attached hydrogen (secondary N) is 4. The number of rotatable bonds is 6. The maximum atomic E-state index is 12.7. The Bertz CT molecular complexity index is 965. The predicted octanol–water partition coefficient (Wildman–Crippen LogP) is 2.96. The Kier molecular flexibility index (Phi) is 5.63. The van der Waals surface area contributed by atoms with Crippen LogP contribution in [0.2, 0.25) is 0 Å². The first-order valence-corrected chi connectivity index (χ1v) is 9.17. The Morgan fingerprint density at radius 3 is 1.55 bits per heavy atom. The van der Waals surface area contributed by atoms with Crippen LogP contribution in [-0.2, 0) is 19.2 Å². The molecule has 2 aromatic rings. The van der Waals surface area contributed by atoms with Crippen molar-refractivity contribution in [2.24, 2.45) is 5.41 Å². The topological polar surface area (TPSA) is 116 Å². The zero-order valence-corrected chi connectivity index (χ0v) is 16.2. The molecule has 1 fully saturated rings. The average molecular weight is 394 g/mol. The molecule has 0 heterocycles. The van der Waals surface area contributed by atoms with Crippen LogP contribution in [0, 0.1) is 5.41 Å². The van der Waals surface area contributed by atoms with Gasteiger partial charge in [0.25, 0.3) is 0 Å². The molecule has 0 atom stereocenters. The van der Waals surface area contributed by atoms with Crippen LogP contribution in [0.4, 0.5) is 22.7 Å². The average Bonchev–Trinajstić information content (AvgIpc) is 3.45. The van der Waals surface area contributed by atoms with E-state index in [9.17, 15) is 19.2 Å². The number of amides is 4. The lowest BCUT2D eigenvalue weighted by atomic mass is 10.0. The van der Waals surface area contributed by atoms with E-state index in [2.05, 4.69) is 21.3 Å². The molecule has 0 unspecified atom stereocenters. The van der Waals surface area contributed by atoms with Gasteiger partial charge in [0.2, 0.25) is 23.6 Å². The number of hydrogen-bond donors (Lipinski definition) is 4. The molecule has 1 saturated carbocycles. The molecular formula is C21H22N4O4. The van der Waals surface area contributed by atoms with Crippen molar-refractivity contribution in [3.8, 4) is 0 Å². The van der Waals surface area contributed by atoms with Gasteiger partial charge in [0, 0.05) is 36.6 Å². The van der Waals surface area contributed by atoms with Gasteiger partial charge in [-0.3, -0.25) is 19.2 Å². The lowest BCUT2D eigenvalue weighted by Crippen LogP contribution is -2.35. The molecule has 4 N–H and O–H groups in total. The van der Waals surface area contributed by atoms with Crippen molar-refractivity contribution in [2.75, 3.05) is 21.3 Å². The van der Waals surface area contributed by atoms with E-state index in [0.29, 0.717) is 35.6 Å². The van der Waals surface area contributed by atoms with Gasteiger partial charge in [-0.2, -0.15) is 0 Å². The van der Waals surface area contributed by atoms with Crippen LogP contribution in [0.5, 0.6) is 0 Å². The van der Waals surface area contributed by atoms with Crippen molar-refractivity contribution >= 4 is 46.4 Å². The second-order valence-electron chi connectivity index (χ2n) is 7.01. The summed E-state index contributed by atoms with van der Waals surface area (Å²) in [4.78, 5) is 47.7. The Hall–Kier alpha value is -3.68.